The normalized spacial score (nSPS) is 18.5. The average Bonchev–Trinajstić information content (AvgIpc) is 3.07. The predicted octanol–water partition coefficient (Wildman–Crippen LogP) is 3.51. The van der Waals surface area contributed by atoms with E-state index in [-0.39, 0.29) is 18.8 Å². The third-order valence-electron chi connectivity index (χ3n) is 5.66. The van der Waals surface area contributed by atoms with Crippen molar-refractivity contribution in [3.8, 4) is 0 Å². The Morgan fingerprint density at radius 1 is 1.16 bits per heavy atom. The Morgan fingerprint density at radius 3 is 2.52 bits per heavy atom. The highest BCUT2D eigenvalue weighted by molar-refractivity contribution is 5.97. The molecule has 0 saturated heterocycles. The maximum Gasteiger partial charge on any atom is 0.416 e. The highest BCUT2D eigenvalue weighted by Gasteiger charge is 2.39. The molecule has 3 aromatic rings. The number of aryl methyl sites for hydroxylation is 1. The molecule has 9 heteroatoms. The van der Waals surface area contributed by atoms with Gasteiger partial charge in [0.2, 0.25) is 0 Å². The smallest absolute Gasteiger partial charge is 0.380 e. The third-order valence-corrected chi connectivity index (χ3v) is 5.66. The second-order valence-corrected chi connectivity index (χ2v) is 7.81. The van der Waals surface area contributed by atoms with Crippen LogP contribution in [0.1, 0.15) is 34.4 Å². The van der Waals surface area contributed by atoms with Crippen molar-refractivity contribution in [1.82, 2.24) is 15.0 Å². The Labute approximate surface area is 176 Å². The van der Waals surface area contributed by atoms with Gasteiger partial charge in [-0.1, -0.05) is 41.6 Å². The monoisotopic (exact) mass is 430 g/mol. The van der Waals surface area contributed by atoms with Crippen LogP contribution in [0, 0.1) is 6.92 Å². The van der Waals surface area contributed by atoms with Crippen molar-refractivity contribution in [2.24, 2.45) is 0 Å². The van der Waals surface area contributed by atoms with E-state index in [1.165, 1.54) is 16.8 Å². The molecular formula is C22H21F3N4O2. The van der Waals surface area contributed by atoms with Crippen molar-refractivity contribution < 1.29 is 23.1 Å². The number of nitrogens with one attached hydrogen (secondary N) is 1. The summed E-state index contributed by atoms with van der Waals surface area (Å²) in [4.78, 5) is 12.8. The van der Waals surface area contributed by atoms with Gasteiger partial charge in [0.1, 0.15) is 5.60 Å². The SMILES string of the molecule is Cc1c(NC(=O)C2(O)CCc3ccccc3C2)nnn1Cc1ccc(C(F)(F)F)cc1. The number of aliphatic hydroxyl groups is 1. The Balaban J connectivity index is 1.45. The minimum absolute atomic E-state index is 0.199. The van der Waals surface area contributed by atoms with Crippen molar-refractivity contribution in [3.63, 3.8) is 0 Å². The van der Waals surface area contributed by atoms with Crippen molar-refractivity contribution in [3.05, 3.63) is 76.5 Å². The molecular weight excluding hydrogens is 409 g/mol. The van der Waals surface area contributed by atoms with E-state index in [1.54, 1.807) is 6.92 Å². The fourth-order valence-corrected chi connectivity index (χ4v) is 3.73. The lowest BCUT2D eigenvalue weighted by atomic mass is 9.80. The number of benzene rings is 2. The number of halogens is 3. The van der Waals surface area contributed by atoms with Gasteiger partial charge in [-0.05, 0) is 48.6 Å². The van der Waals surface area contributed by atoms with E-state index < -0.39 is 23.2 Å². The summed E-state index contributed by atoms with van der Waals surface area (Å²) in [7, 11) is 0. The van der Waals surface area contributed by atoms with Crippen LogP contribution in [0.25, 0.3) is 0 Å². The van der Waals surface area contributed by atoms with E-state index >= 15 is 0 Å². The van der Waals surface area contributed by atoms with E-state index in [9.17, 15) is 23.1 Å². The van der Waals surface area contributed by atoms with E-state index in [0.29, 0.717) is 24.1 Å². The molecule has 0 radical (unpaired) electrons. The zero-order valence-corrected chi connectivity index (χ0v) is 16.8. The van der Waals surface area contributed by atoms with Crippen molar-refractivity contribution >= 4 is 11.7 Å². The fraction of sp³-hybridized carbons (Fsp3) is 0.318. The Hall–Kier alpha value is -3.20. The molecule has 0 spiro atoms. The number of alkyl halides is 3. The van der Waals surface area contributed by atoms with Gasteiger partial charge in [0.15, 0.2) is 5.82 Å². The second kappa shape index (κ2) is 7.81. The maximum absolute atomic E-state index is 12.8. The first kappa shape index (κ1) is 21.0. The highest BCUT2D eigenvalue weighted by Crippen LogP contribution is 2.31. The molecule has 1 unspecified atom stereocenters. The largest absolute Gasteiger partial charge is 0.416 e. The number of anilines is 1. The third kappa shape index (κ3) is 4.32. The number of amides is 1. The number of carbonyl (C=O) groups is 1. The van der Waals surface area contributed by atoms with Gasteiger partial charge in [-0.3, -0.25) is 4.79 Å². The number of aromatic nitrogens is 3. The molecule has 4 rings (SSSR count). The van der Waals surface area contributed by atoms with Crippen LogP contribution >= 0.6 is 0 Å². The molecule has 0 fully saturated rings. The molecule has 1 heterocycles. The van der Waals surface area contributed by atoms with Gasteiger partial charge in [0, 0.05) is 6.42 Å². The molecule has 162 valence electrons. The van der Waals surface area contributed by atoms with Crippen LogP contribution in [0.2, 0.25) is 0 Å². The highest BCUT2D eigenvalue weighted by atomic mass is 19.4. The first-order valence-electron chi connectivity index (χ1n) is 9.82. The molecule has 0 bridgehead atoms. The Bertz CT molecular complexity index is 1110. The van der Waals surface area contributed by atoms with Crippen LogP contribution in [-0.2, 0) is 30.4 Å². The van der Waals surface area contributed by atoms with Gasteiger partial charge < -0.3 is 10.4 Å². The standard InChI is InChI=1S/C22H21F3N4O2/c1-14-19(26-20(30)21(31)11-10-16-4-2-3-5-17(16)12-21)27-28-29(14)13-15-6-8-18(9-7-15)22(23,24)25/h2-9,31H,10-13H2,1H3,(H,26,30). The van der Waals surface area contributed by atoms with Crippen LogP contribution in [-0.4, -0.2) is 31.6 Å². The number of hydrogen-bond donors (Lipinski definition) is 2. The maximum atomic E-state index is 12.8. The molecule has 1 aromatic heterocycles. The molecule has 2 N–H and O–H groups in total. The van der Waals surface area contributed by atoms with Gasteiger partial charge >= 0.3 is 6.18 Å². The Kier molecular flexibility index (Phi) is 5.30. The van der Waals surface area contributed by atoms with Crippen LogP contribution in [0.15, 0.2) is 48.5 Å². The topological polar surface area (TPSA) is 80.0 Å². The minimum atomic E-state index is -4.39. The Morgan fingerprint density at radius 2 is 1.84 bits per heavy atom. The zero-order valence-electron chi connectivity index (χ0n) is 16.8. The number of nitrogens with zero attached hydrogens (tertiary/aromatic N) is 3. The number of rotatable bonds is 4. The van der Waals surface area contributed by atoms with E-state index in [1.807, 2.05) is 24.3 Å². The molecule has 2 aromatic carbocycles. The quantitative estimate of drug-likeness (QED) is 0.664. The minimum Gasteiger partial charge on any atom is -0.380 e. The molecule has 1 amide bonds. The molecule has 1 atom stereocenters. The van der Waals surface area contributed by atoms with E-state index in [0.717, 1.165) is 23.3 Å². The first-order valence-corrected chi connectivity index (χ1v) is 9.82. The summed E-state index contributed by atoms with van der Waals surface area (Å²) in [5.41, 5.74) is 0.946. The summed E-state index contributed by atoms with van der Waals surface area (Å²) >= 11 is 0. The summed E-state index contributed by atoms with van der Waals surface area (Å²) in [6.45, 7) is 1.89. The van der Waals surface area contributed by atoms with Crippen LogP contribution < -0.4 is 5.32 Å². The number of carbonyl (C=O) groups excluding carboxylic acids is 1. The lowest BCUT2D eigenvalue weighted by Crippen LogP contribution is -2.47. The lowest BCUT2D eigenvalue weighted by molar-refractivity contribution is -0.137. The summed E-state index contributed by atoms with van der Waals surface area (Å²) in [6.07, 6.45) is -3.28. The van der Waals surface area contributed by atoms with Crippen molar-refractivity contribution in [1.29, 1.82) is 0 Å². The van der Waals surface area contributed by atoms with E-state index in [4.69, 9.17) is 0 Å². The van der Waals surface area contributed by atoms with Gasteiger partial charge in [0.05, 0.1) is 17.8 Å². The zero-order chi connectivity index (χ0) is 22.2. The summed E-state index contributed by atoms with van der Waals surface area (Å²) < 4.78 is 39.6. The summed E-state index contributed by atoms with van der Waals surface area (Å²) in [6, 6.07) is 12.5. The number of fused-ring (bicyclic) bond motifs is 1. The van der Waals surface area contributed by atoms with Crippen molar-refractivity contribution in [2.75, 3.05) is 5.32 Å². The molecule has 1 aliphatic carbocycles. The van der Waals surface area contributed by atoms with Crippen LogP contribution in [0.4, 0.5) is 19.0 Å². The van der Waals surface area contributed by atoms with Crippen LogP contribution in [0.3, 0.4) is 0 Å². The van der Waals surface area contributed by atoms with Gasteiger partial charge in [-0.2, -0.15) is 13.2 Å². The molecule has 0 saturated carbocycles. The number of hydrogen-bond acceptors (Lipinski definition) is 4. The summed E-state index contributed by atoms with van der Waals surface area (Å²) in [5, 5.41) is 21.5. The van der Waals surface area contributed by atoms with Gasteiger partial charge in [-0.15, -0.1) is 5.10 Å². The van der Waals surface area contributed by atoms with Gasteiger partial charge in [-0.25, -0.2) is 4.68 Å². The van der Waals surface area contributed by atoms with Gasteiger partial charge in [0.25, 0.3) is 5.91 Å². The van der Waals surface area contributed by atoms with Crippen LogP contribution in [0.5, 0.6) is 0 Å². The average molecular weight is 430 g/mol. The lowest BCUT2D eigenvalue weighted by Gasteiger charge is -2.31. The van der Waals surface area contributed by atoms with Crippen molar-refractivity contribution in [2.45, 2.75) is 44.5 Å². The first-order chi connectivity index (χ1) is 14.7. The second-order valence-electron chi connectivity index (χ2n) is 7.81. The molecule has 1 aliphatic rings. The fourth-order valence-electron chi connectivity index (χ4n) is 3.73. The molecule has 6 nitrogen and oxygen atoms in total. The molecule has 0 aliphatic heterocycles. The predicted molar refractivity (Wildman–Crippen MR) is 107 cm³/mol. The van der Waals surface area contributed by atoms with E-state index in [2.05, 4.69) is 15.6 Å². The molecule has 31 heavy (non-hydrogen) atoms. The summed E-state index contributed by atoms with van der Waals surface area (Å²) in [5.74, 6) is -0.337.